The smallest absolute Gasteiger partial charge is 0.0934 e. The Kier molecular flexibility index (Phi) is 4.63. The molecular weight excluding hydrogens is 300 g/mol. The second-order valence-electron chi connectivity index (χ2n) is 8.98. The first kappa shape index (κ1) is 18.0. The van der Waals surface area contributed by atoms with Crippen LogP contribution < -0.4 is 0 Å². The highest BCUT2D eigenvalue weighted by Gasteiger charge is 2.63. The normalized spacial score (nSPS) is 45.8. The Balaban J connectivity index is 1.95. The molecule has 1 heterocycles. The van der Waals surface area contributed by atoms with E-state index in [0.29, 0.717) is 12.3 Å². The van der Waals surface area contributed by atoms with Gasteiger partial charge in [-0.15, -0.1) is 0 Å². The van der Waals surface area contributed by atoms with E-state index in [1.807, 2.05) is 13.0 Å². The number of hydrogen-bond acceptors (Lipinski definition) is 3. The van der Waals surface area contributed by atoms with Crippen molar-refractivity contribution in [3.8, 4) is 0 Å². The number of aryl methyl sites for hydroxylation is 1. The molecule has 0 amide bonds. The first-order valence-corrected chi connectivity index (χ1v) is 9.68. The van der Waals surface area contributed by atoms with Gasteiger partial charge in [-0.1, -0.05) is 40.5 Å². The molecule has 0 aromatic carbocycles. The lowest BCUT2D eigenvalue weighted by Gasteiger charge is -2.64. The van der Waals surface area contributed by atoms with Crippen LogP contribution in [0.25, 0.3) is 0 Å². The summed E-state index contributed by atoms with van der Waals surface area (Å²) in [7, 11) is 0. The summed E-state index contributed by atoms with van der Waals surface area (Å²) in [4.78, 5) is 0. The van der Waals surface area contributed by atoms with Crippen LogP contribution in [0.4, 0.5) is 0 Å². The fraction of sp³-hybridized carbons (Fsp3) is 0.810. The predicted octanol–water partition coefficient (Wildman–Crippen LogP) is 4.57. The molecule has 0 saturated heterocycles. The summed E-state index contributed by atoms with van der Waals surface area (Å²) in [5, 5.41) is 22.7. The van der Waals surface area contributed by atoms with E-state index in [1.165, 1.54) is 12.8 Å². The molecular formula is C21H34O3. The minimum absolute atomic E-state index is 0.0927. The van der Waals surface area contributed by atoms with Crippen molar-refractivity contribution in [2.24, 2.45) is 22.7 Å². The summed E-state index contributed by atoms with van der Waals surface area (Å²) in [6, 6.07) is 1.98. The van der Waals surface area contributed by atoms with Crippen LogP contribution in [0.1, 0.15) is 71.8 Å². The largest absolute Gasteiger partial charge is 0.472 e. The van der Waals surface area contributed by atoms with Crippen molar-refractivity contribution < 1.29 is 14.6 Å². The summed E-state index contributed by atoms with van der Waals surface area (Å²) in [6.07, 6.45) is 9.93. The summed E-state index contributed by atoms with van der Waals surface area (Å²) in [5.74, 6) is 0.286. The van der Waals surface area contributed by atoms with E-state index in [-0.39, 0.29) is 16.7 Å². The zero-order valence-electron chi connectivity index (χ0n) is 15.7. The van der Waals surface area contributed by atoms with Crippen LogP contribution in [0, 0.1) is 22.7 Å². The standard InChI is InChI=1S/C21H34O3/c1-5-19(3)9-6-10-20(4)18(19)13-17(22)15(2)21(20,23)11-7-16-8-12-24-14-16/h8,12,14-15,17-18,22-23H,5-7,9-11,13H2,1-4H3/t15-,17-,18+,19-,20+,21-/m1/s1. The number of hydrogen-bond donors (Lipinski definition) is 2. The van der Waals surface area contributed by atoms with Crippen molar-refractivity contribution in [2.75, 3.05) is 0 Å². The highest BCUT2D eigenvalue weighted by atomic mass is 16.3. The number of aliphatic hydroxyl groups is 2. The van der Waals surface area contributed by atoms with Crippen LogP contribution in [0.3, 0.4) is 0 Å². The Labute approximate surface area is 146 Å². The molecule has 1 aromatic heterocycles. The number of aliphatic hydroxyl groups excluding tert-OH is 1. The van der Waals surface area contributed by atoms with Crippen LogP contribution in [0.15, 0.2) is 23.0 Å². The molecule has 2 N–H and O–H groups in total. The Hall–Kier alpha value is -0.800. The van der Waals surface area contributed by atoms with Gasteiger partial charge in [-0.3, -0.25) is 0 Å². The van der Waals surface area contributed by atoms with Gasteiger partial charge in [0.25, 0.3) is 0 Å². The average molecular weight is 335 g/mol. The van der Waals surface area contributed by atoms with Crippen molar-refractivity contribution in [1.82, 2.24) is 0 Å². The van der Waals surface area contributed by atoms with E-state index in [1.54, 1.807) is 12.5 Å². The summed E-state index contributed by atoms with van der Waals surface area (Å²) in [5.41, 5.74) is 0.393. The van der Waals surface area contributed by atoms with Gasteiger partial charge < -0.3 is 14.6 Å². The second kappa shape index (κ2) is 6.17. The fourth-order valence-electron chi connectivity index (χ4n) is 6.03. The van der Waals surface area contributed by atoms with Crippen LogP contribution >= 0.6 is 0 Å². The Morgan fingerprint density at radius 3 is 2.67 bits per heavy atom. The SMILES string of the molecule is CC[C@]1(C)CCC[C@@]2(C)[C@H]1C[C@@H](O)[C@@H](C)[C@]2(O)CCc1ccoc1. The molecule has 1 aromatic rings. The van der Waals surface area contributed by atoms with E-state index in [0.717, 1.165) is 31.2 Å². The van der Waals surface area contributed by atoms with Crippen molar-refractivity contribution in [3.63, 3.8) is 0 Å². The zero-order valence-corrected chi connectivity index (χ0v) is 15.7. The Morgan fingerprint density at radius 1 is 1.29 bits per heavy atom. The van der Waals surface area contributed by atoms with Gasteiger partial charge in [0.05, 0.1) is 24.2 Å². The van der Waals surface area contributed by atoms with E-state index < -0.39 is 11.7 Å². The van der Waals surface area contributed by atoms with Crippen molar-refractivity contribution in [3.05, 3.63) is 24.2 Å². The van der Waals surface area contributed by atoms with Crippen molar-refractivity contribution >= 4 is 0 Å². The average Bonchev–Trinajstić information content (AvgIpc) is 3.07. The van der Waals surface area contributed by atoms with E-state index in [9.17, 15) is 10.2 Å². The van der Waals surface area contributed by atoms with Crippen LogP contribution in [-0.2, 0) is 6.42 Å². The minimum atomic E-state index is -0.830. The maximum absolute atomic E-state index is 11.9. The van der Waals surface area contributed by atoms with Gasteiger partial charge in [-0.25, -0.2) is 0 Å². The lowest BCUT2D eigenvalue weighted by atomic mass is 9.43. The topological polar surface area (TPSA) is 53.6 Å². The molecule has 0 radical (unpaired) electrons. The lowest BCUT2D eigenvalue weighted by Crippen LogP contribution is -2.66. The third-order valence-corrected chi connectivity index (χ3v) is 8.03. The summed E-state index contributed by atoms with van der Waals surface area (Å²) in [6.45, 7) is 8.97. The molecule has 0 spiro atoms. The molecule has 2 fully saturated rings. The lowest BCUT2D eigenvalue weighted by molar-refractivity contribution is -0.242. The van der Waals surface area contributed by atoms with Gasteiger partial charge in [0, 0.05) is 11.3 Å². The molecule has 24 heavy (non-hydrogen) atoms. The van der Waals surface area contributed by atoms with E-state index in [2.05, 4.69) is 20.8 Å². The molecule has 0 unspecified atom stereocenters. The van der Waals surface area contributed by atoms with Gasteiger partial charge in [0.2, 0.25) is 0 Å². The fourth-order valence-corrected chi connectivity index (χ4v) is 6.03. The second-order valence-corrected chi connectivity index (χ2v) is 8.98. The van der Waals surface area contributed by atoms with Crippen LogP contribution in [0.2, 0.25) is 0 Å². The van der Waals surface area contributed by atoms with Gasteiger partial charge in [0.1, 0.15) is 0 Å². The highest BCUT2D eigenvalue weighted by Crippen LogP contribution is 2.64. The van der Waals surface area contributed by atoms with Crippen molar-refractivity contribution in [1.29, 1.82) is 0 Å². The highest BCUT2D eigenvalue weighted by molar-refractivity contribution is 5.15. The number of rotatable bonds is 4. The monoisotopic (exact) mass is 334 g/mol. The number of furan rings is 1. The Bertz CT molecular complexity index is 553. The zero-order chi connectivity index (χ0) is 17.6. The van der Waals surface area contributed by atoms with E-state index in [4.69, 9.17) is 4.42 Å². The molecule has 3 nitrogen and oxygen atoms in total. The van der Waals surface area contributed by atoms with Gasteiger partial charge in [0.15, 0.2) is 0 Å². The molecule has 3 rings (SSSR count). The molecule has 0 aliphatic heterocycles. The van der Waals surface area contributed by atoms with Crippen molar-refractivity contribution in [2.45, 2.75) is 84.3 Å². The third-order valence-electron chi connectivity index (χ3n) is 8.03. The van der Waals surface area contributed by atoms with Gasteiger partial charge in [-0.05, 0) is 55.1 Å². The van der Waals surface area contributed by atoms with Gasteiger partial charge >= 0.3 is 0 Å². The van der Waals surface area contributed by atoms with Crippen LogP contribution in [-0.4, -0.2) is 21.9 Å². The Morgan fingerprint density at radius 2 is 2.04 bits per heavy atom. The maximum atomic E-state index is 11.9. The number of fused-ring (bicyclic) bond motifs is 1. The molecule has 2 aliphatic rings. The molecule has 3 heteroatoms. The first-order valence-electron chi connectivity index (χ1n) is 9.68. The minimum Gasteiger partial charge on any atom is -0.472 e. The molecule has 136 valence electrons. The predicted molar refractivity (Wildman–Crippen MR) is 95.6 cm³/mol. The molecule has 2 saturated carbocycles. The van der Waals surface area contributed by atoms with Crippen LogP contribution in [0.5, 0.6) is 0 Å². The first-order chi connectivity index (χ1) is 11.3. The molecule has 0 bridgehead atoms. The molecule has 2 aliphatic carbocycles. The quantitative estimate of drug-likeness (QED) is 0.848. The van der Waals surface area contributed by atoms with E-state index >= 15 is 0 Å². The third kappa shape index (κ3) is 2.55. The summed E-state index contributed by atoms with van der Waals surface area (Å²) >= 11 is 0. The van der Waals surface area contributed by atoms with Gasteiger partial charge in [-0.2, -0.15) is 0 Å². The molecule has 6 atom stereocenters. The summed E-state index contributed by atoms with van der Waals surface area (Å²) < 4.78 is 5.19. The maximum Gasteiger partial charge on any atom is 0.0934 e.